The smallest absolute Gasteiger partial charge is 0.130 e. The maximum Gasteiger partial charge on any atom is 0.130 e. The van der Waals surface area contributed by atoms with Gasteiger partial charge in [-0.3, -0.25) is 4.68 Å². The lowest BCUT2D eigenvalue weighted by molar-refractivity contribution is 0.590. The summed E-state index contributed by atoms with van der Waals surface area (Å²) < 4.78 is 1.74. The van der Waals surface area contributed by atoms with Gasteiger partial charge in [-0.1, -0.05) is 40.9 Å². The van der Waals surface area contributed by atoms with E-state index in [-0.39, 0.29) is 6.04 Å². The largest absolute Gasteiger partial charge is 0.313 e. The molecule has 108 valence electrons. The molecule has 1 aromatic heterocycles. The Morgan fingerprint density at radius 2 is 1.80 bits per heavy atom. The third kappa shape index (κ3) is 3.05. The second kappa shape index (κ2) is 5.98. The summed E-state index contributed by atoms with van der Waals surface area (Å²) in [5.41, 5.74) is 5.99. The van der Waals surface area contributed by atoms with Crippen LogP contribution in [-0.2, 0) is 13.5 Å². The van der Waals surface area contributed by atoms with Crippen molar-refractivity contribution in [3.63, 3.8) is 0 Å². The Bertz CT molecular complexity index is 596. The zero-order chi connectivity index (χ0) is 14.9. The molecule has 0 aliphatic heterocycles. The van der Waals surface area contributed by atoms with E-state index in [2.05, 4.69) is 42.5 Å². The number of hydrogen-bond donors (Lipinski definition) is 1. The molecule has 0 bridgehead atoms. The molecule has 1 heterocycles. The lowest BCUT2D eigenvalue weighted by atomic mass is 9.96. The van der Waals surface area contributed by atoms with Gasteiger partial charge in [0.2, 0.25) is 0 Å². The summed E-state index contributed by atoms with van der Waals surface area (Å²) >= 11 is 6.34. The lowest BCUT2D eigenvalue weighted by Gasteiger charge is -2.18. The Morgan fingerprint density at radius 3 is 2.25 bits per heavy atom. The molecule has 1 aromatic carbocycles. The number of likely N-dealkylation sites (N-methyl/N-ethyl adjacent to an activating group) is 1. The summed E-state index contributed by atoms with van der Waals surface area (Å²) in [7, 11) is 3.87. The molecular weight excluding hydrogens is 270 g/mol. The first-order valence-electron chi connectivity index (χ1n) is 6.85. The SMILES string of the molecule is CNC(Cc1c(C)nn(C)c1Cl)c1cc(C)cc(C)c1. The van der Waals surface area contributed by atoms with E-state index in [1.54, 1.807) is 4.68 Å². The van der Waals surface area contributed by atoms with E-state index >= 15 is 0 Å². The quantitative estimate of drug-likeness (QED) is 0.934. The van der Waals surface area contributed by atoms with Crippen molar-refractivity contribution in [3.8, 4) is 0 Å². The number of halogens is 1. The van der Waals surface area contributed by atoms with Gasteiger partial charge in [0, 0.05) is 18.7 Å². The third-order valence-corrected chi connectivity index (χ3v) is 4.15. The number of nitrogens with one attached hydrogen (secondary N) is 1. The molecular formula is C16H22ClN3. The number of aryl methyl sites for hydroxylation is 4. The van der Waals surface area contributed by atoms with Crippen molar-refractivity contribution in [3.05, 3.63) is 51.3 Å². The molecule has 0 aliphatic carbocycles. The highest BCUT2D eigenvalue weighted by Gasteiger charge is 2.17. The van der Waals surface area contributed by atoms with Crippen LogP contribution in [0.15, 0.2) is 18.2 Å². The molecule has 0 amide bonds. The molecule has 0 aliphatic rings. The van der Waals surface area contributed by atoms with Gasteiger partial charge in [0.1, 0.15) is 5.15 Å². The lowest BCUT2D eigenvalue weighted by Crippen LogP contribution is -2.19. The van der Waals surface area contributed by atoms with Gasteiger partial charge < -0.3 is 5.32 Å². The van der Waals surface area contributed by atoms with Gasteiger partial charge in [-0.2, -0.15) is 5.10 Å². The van der Waals surface area contributed by atoms with Crippen LogP contribution in [0.5, 0.6) is 0 Å². The van der Waals surface area contributed by atoms with Crippen molar-refractivity contribution in [2.45, 2.75) is 33.2 Å². The highest BCUT2D eigenvalue weighted by atomic mass is 35.5. The number of aromatic nitrogens is 2. The Labute approximate surface area is 126 Å². The molecule has 2 aromatic rings. The molecule has 0 saturated carbocycles. The first-order chi connectivity index (χ1) is 9.42. The Hall–Kier alpha value is -1.32. The van der Waals surface area contributed by atoms with Gasteiger partial charge in [0.15, 0.2) is 0 Å². The highest BCUT2D eigenvalue weighted by molar-refractivity contribution is 6.30. The fraction of sp³-hybridized carbons (Fsp3) is 0.438. The second-order valence-corrected chi connectivity index (χ2v) is 5.80. The molecule has 0 spiro atoms. The van der Waals surface area contributed by atoms with Crippen molar-refractivity contribution < 1.29 is 0 Å². The fourth-order valence-corrected chi connectivity index (χ4v) is 2.96. The monoisotopic (exact) mass is 291 g/mol. The normalized spacial score (nSPS) is 12.7. The average Bonchev–Trinajstić information content (AvgIpc) is 2.60. The minimum absolute atomic E-state index is 0.244. The predicted molar refractivity (Wildman–Crippen MR) is 84.4 cm³/mol. The Balaban J connectivity index is 2.33. The van der Waals surface area contributed by atoms with E-state index < -0.39 is 0 Å². The van der Waals surface area contributed by atoms with Crippen LogP contribution in [0.25, 0.3) is 0 Å². The van der Waals surface area contributed by atoms with Crippen LogP contribution >= 0.6 is 11.6 Å². The average molecular weight is 292 g/mol. The zero-order valence-corrected chi connectivity index (χ0v) is 13.5. The van der Waals surface area contributed by atoms with E-state index in [1.807, 2.05) is 21.0 Å². The molecule has 1 atom stereocenters. The molecule has 20 heavy (non-hydrogen) atoms. The van der Waals surface area contributed by atoms with Crippen LogP contribution in [0, 0.1) is 20.8 Å². The summed E-state index contributed by atoms with van der Waals surface area (Å²) in [4.78, 5) is 0. The van der Waals surface area contributed by atoms with Crippen LogP contribution in [-0.4, -0.2) is 16.8 Å². The van der Waals surface area contributed by atoms with Gasteiger partial charge >= 0.3 is 0 Å². The standard InChI is InChI=1S/C16H22ClN3/c1-10-6-11(2)8-13(7-10)15(18-4)9-14-12(3)19-20(5)16(14)17/h6-8,15,18H,9H2,1-5H3. The summed E-state index contributed by atoms with van der Waals surface area (Å²) in [6.45, 7) is 6.27. The van der Waals surface area contributed by atoms with Gasteiger partial charge in [0.05, 0.1) is 5.69 Å². The number of benzene rings is 1. The topological polar surface area (TPSA) is 29.9 Å². The maximum absolute atomic E-state index is 6.34. The molecule has 2 rings (SSSR count). The third-order valence-electron chi connectivity index (χ3n) is 3.67. The van der Waals surface area contributed by atoms with Crippen LogP contribution < -0.4 is 5.32 Å². The van der Waals surface area contributed by atoms with E-state index in [9.17, 15) is 0 Å². The fourth-order valence-electron chi connectivity index (χ4n) is 2.71. The van der Waals surface area contributed by atoms with Crippen molar-refractivity contribution >= 4 is 11.6 Å². The van der Waals surface area contributed by atoms with E-state index in [4.69, 9.17) is 11.6 Å². The molecule has 3 nitrogen and oxygen atoms in total. The van der Waals surface area contributed by atoms with Crippen molar-refractivity contribution in [2.24, 2.45) is 7.05 Å². The van der Waals surface area contributed by atoms with Crippen LogP contribution in [0.3, 0.4) is 0 Å². The van der Waals surface area contributed by atoms with Crippen LogP contribution in [0.2, 0.25) is 5.15 Å². The van der Waals surface area contributed by atoms with Gasteiger partial charge in [-0.15, -0.1) is 0 Å². The number of hydrogen-bond acceptors (Lipinski definition) is 2. The van der Waals surface area contributed by atoms with E-state index in [0.717, 1.165) is 22.8 Å². The summed E-state index contributed by atoms with van der Waals surface area (Å²) in [5, 5.41) is 8.50. The van der Waals surface area contributed by atoms with Crippen molar-refractivity contribution in [1.29, 1.82) is 0 Å². The molecule has 0 saturated heterocycles. The summed E-state index contributed by atoms with van der Waals surface area (Å²) in [6.07, 6.45) is 0.845. The Morgan fingerprint density at radius 1 is 1.20 bits per heavy atom. The molecule has 1 N–H and O–H groups in total. The maximum atomic E-state index is 6.34. The number of rotatable bonds is 4. The molecule has 1 unspecified atom stereocenters. The van der Waals surface area contributed by atoms with Crippen molar-refractivity contribution in [2.75, 3.05) is 7.05 Å². The first kappa shape index (κ1) is 15.1. The second-order valence-electron chi connectivity index (χ2n) is 5.44. The predicted octanol–water partition coefficient (Wildman–Crippen LogP) is 3.50. The minimum Gasteiger partial charge on any atom is -0.313 e. The van der Waals surface area contributed by atoms with E-state index in [0.29, 0.717) is 0 Å². The van der Waals surface area contributed by atoms with Gasteiger partial charge in [0.25, 0.3) is 0 Å². The first-order valence-corrected chi connectivity index (χ1v) is 7.23. The van der Waals surface area contributed by atoms with Gasteiger partial charge in [-0.05, 0) is 39.8 Å². The highest BCUT2D eigenvalue weighted by Crippen LogP contribution is 2.26. The van der Waals surface area contributed by atoms with Crippen LogP contribution in [0.4, 0.5) is 0 Å². The van der Waals surface area contributed by atoms with Crippen molar-refractivity contribution in [1.82, 2.24) is 15.1 Å². The van der Waals surface area contributed by atoms with E-state index in [1.165, 1.54) is 16.7 Å². The number of nitrogens with zero attached hydrogens (tertiary/aromatic N) is 2. The molecule has 4 heteroatoms. The summed E-state index contributed by atoms with van der Waals surface area (Å²) in [5.74, 6) is 0. The van der Waals surface area contributed by atoms with Gasteiger partial charge in [-0.25, -0.2) is 0 Å². The molecule has 0 radical (unpaired) electrons. The zero-order valence-electron chi connectivity index (χ0n) is 12.8. The molecule has 0 fully saturated rings. The minimum atomic E-state index is 0.244. The Kier molecular flexibility index (Phi) is 4.51. The summed E-state index contributed by atoms with van der Waals surface area (Å²) in [6, 6.07) is 6.90. The van der Waals surface area contributed by atoms with Crippen LogP contribution in [0.1, 0.15) is 34.0 Å².